The molecule has 0 bridgehead atoms. The van der Waals surface area contributed by atoms with Crippen LogP contribution in [0.1, 0.15) is 12.8 Å². The van der Waals surface area contributed by atoms with E-state index in [4.69, 9.17) is 14.9 Å². The number of rotatable bonds is 2. The Kier molecular flexibility index (Phi) is 6.53. The fraction of sp³-hybridized carbons (Fsp3) is 0.500. The normalized spacial score (nSPS) is 15.1. The van der Waals surface area contributed by atoms with Crippen LogP contribution in [0.4, 0.5) is 0 Å². The molecule has 13 heavy (non-hydrogen) atoms. The van der Waals surface area contributed by atoms with E-state index in [1.807, 2.05) is 0 Å². The molecule has 0 aliphatic carbocycles. The van der Waals surface area contributed by atoms with Crippen LogP contribution in [0.2, 0.25) is 0 Å². The van der Waals surface area contributed by atoms with E-state index in [2.05, 4.69) is 0 Å². The van der Waals surface area contributed by atoms with Gasteiger partial charge in [-0.2, -0.15) is 0 Å². The van der Waals surface area contributed by atoms with Crippen LogP contribution < -0.4 is 0 Å². The monoisotopic (exact) mass is 188 g/mol. The molecule has 0 radical (unpaired) electrons. The van der Waals surface area contributed by atoms with Gasteiger partial charge in [0.1, 0.15) is 0 Å². The SMILES string of the molecule is C1CCOC1.O=C(O)/C=C\C(=O)O. The summed E-state index contributed by atoms with van der Waals surface area (Å²) in [5.74, 6) is -2.51. The fourth-order valence-electron chi connectivity index (χ4n) is 0.653. The Bertz CT molecular complexity index is 169. The van der Waals surface area contributed by atoms with Crippen LogP contribution >= 0.6 is 0 Å². The predicted octanol–water partition coefficient (Wildman–Crippen LogP) is 0.509. The van der Waals surface area contributed by atoms with Gasteiger partial charge in [0.05, 0.1) is 0 Å². The second kappa shape index (κ2) is 7.30. The van der Waals surface area contributed by atoms with Gasteiger partial charge in [0.2, 0.25) is 0 Å². The molecule has 0 unspecified atom stereocenters. The first-order valence-electron chi connectivity index (χ1n) is 3.84. The van der Waals surface area contributed by atoms with Crippen molar-refractivity contribution in [3.8, 4) is 0 Å². The zero-order valence-electron chi connectivity index (χ0n) is 7.10. The van der Waals surface area contributed by atoms with E-state index < -0.39 is 11.9 Å². The molecule has 2 N–H and O–H groups in total. The van der Waals surface area contributed by atoms with Gasteiger partial charge in [0, 0.05) is 25.4 Å². The first kappa shape index (κ1) is 11.6. The van der Waals surface area contributed by atoms with Crippen LogP contribution in [0, 0.1) is 0 Å². The zero-order valence-corrected chi connectivity index (χ0v) is 7.10. The van der Waals surface area contributed by atoms with Crippen molar-refractivity contribution in [2.75, 3.05) is 13.2 Å². The van der Waals surface area contributed by atoms with Gasteiger partial charge < -0.3 is 14.9 Å². The van der Waals surface area contributed by atoms with Crippen molar-refractivity contribution < 1.29 is 24.5 Å². The Balaban J connectivity index is 0.000000243. The third kappa shape index (κ3) is 10.6. The molecular formula is C8H12O5. The van der Waals surface area contributed by atoms with Crippen molar-refractivity contribution in [1.29, 1.82) is 0 Å². The van der Waals surface area contributed by atoms with Gasteiger partial charge in [0.25, 0.3) is 0 Å². The van der Waals surface area contributed by atoms with E-state index in [1.165, 1.54) is 12.8 Å². The van der Waals surface area contributed by atoms with Crippen LogP contribution in [-0.2, 0) is 14.3 Å². The lowest BCUT2D eigenvalue weighted by molar-refractivity contribution is -0.134. The zero-order chi connectivity index (χ0) is 10.1. The standard InChI is InChI=1S/C4H4O4.C4H8O/c5-3(6)1-2-4(7)8;1-2-4-5-3-1/h1-2H,(H,5,6)(H,7,8);1-4H2/b2-1-;. The van der Waals surface area contributed by atoms with Crippen LogP contribution in [0.5, 0.6) is 0 Å². The summed E-state index contributed by atoms with van der Waals surface area (Å²) in [6.07, 6.45) is 3.67. The average Bonchev–Trinajstić information content (AvgIpc) is 2.57. The third-order valence-electron chi connectivity index (χ3n) is 1.20. The van der Waals surface area contributed by atoms with Crippen molar-refractivity contribution in [2.24, 2.45) is 0 Å². The highest BCUT2D eigenvalue weighted by atomic mass is 16.5. The van der Waals surface area contributed by atoms with Gasteiger partial charge in [-0.05, 0) is 12.8 Å². The van der Waals surface area contributed by atoms with Crippen LogP contribution in [0.15, 0.2) is 12.2 Å². The lowest BCUT2D eigenvalue weighted by Crippen LogP contribution is -1.91. The van der Waals surface area contributed by atoms with Crippen molar-refractivity contribution >= 4 is 11.9 Å². The van der Waals surface area contributed by atoms with E-state index in [0.29, 0.717) is 12.2 Å². The van der Waals surface area contributed by atoms with Gasteiger partial charge in [-0.25, -0.2) is 9.59 Å². The lowest BCUT2D eigenvalue weighted by atomic mass is 10.4. The number of carboxylic acid groups (broad SMARTS) is 2. The number of hydrogen-bond acceptors (Lipinski definition) is 3. The van der Waals surface area contributed by atoms with Crippen molar-refractivity contribution in [3.05, 3.63) is 12.2 Å². The molecule has 1 saturated heterocycles. The lowest BCUT2D eigenvalue weighted by Gasteiger charge is -1.76. The molecule has 5 heteroatoms. The highest BCUT2D eigenvalue weighted by Crippen LogP contribution is 1.98. The second-order valence-corrected chi connectivity index (χ2v) is 2.33. The first-order valence-corrected chi connectivity index (χ1v) is 3.84. The van der Waals surface area contributed by atoms with Crippen molar-refractivity contribution in [1.82, 2.24) is 0 Å². The summed E-state index contributed by atoms with van der Waals surface area (Å²) in [5, 5.41) is 15.6. The minimum Gasteiger partial charge on any atom is -0.478 e. The fourth-order valence-corrected chi connectivity index (χ4v) is 0.653. The maximum atomic E-state index is 9.55. The Morgan fingerprint density at radius 2 is 1.38 bits per heavy atom. The van der Waals surface area contributed by atoms with Gasteiger partial charge >= 0.3 is 11.9 Å². The molecule has 1 aliphatic rings. The Morgan fingerprint density at radius 1 is 1.00 bits per heavy atom. The average molecular weight is 188 g/mol. The molecule has 0 aromatic rings. The van der Waals surface area contributed by atoms with Crippen LogP contribution in [0.3, 0.4) is 0 Å². The smallest absolute Gasteiger partial charge is 0.328 e. The third-order valence-corrected chi connectivity index (χ3v) is 1.20. The maximum absolute atomic E-state index is 9.55. The van der Waals surface area contributed by atoms with Gasteiger partial charge in [-0.3, -0.25) is 0 Å². The van der Waals surface area contributed by atoms with Crippen LogP contribution in [-0.4, -0.2) is 35.4 Å². The van der Waals surface area contributed by atoms with Crippen molar-refractivity contribution in [3.63, 3.8) is 0 Å². The topological polar surface area (TPSA) is 83.8 Å². The van der Waals surface area contributed by atoms with E-state index in [1.54, 1.807) is 0 Å². The molecule has 0 aromatic carbocycles. The molecule has 1 aliphatic heterocycles. The second-order valence-electron chi connectivity index (χ2n) is 2.33. The van der Waals surface area contributed by atoms with Gasteiger partial charge in [0.15, 0.2) is 0 Å². The quantitative estimate of drug-likeness (QED) is 0.617. The minimum atomic E-state index is -1.26. The molecule has 0 atom stereocenters. The molecule has 1 heterocycles. The molecule has 0 amide bonds. The molecule has 0 saturated carbocycles. The Morgan fingerprint density at radius 3 is 1.54 bits per heavy atom. The highest BCUT2D eigenvalue weighted by Gasteiger charge is 1.94. The van der Waals surface area contributed by atoms with E-state index >= 15 is 0 Å². The Hall–Kier alpha value is -1.36. The van der Waals surface area contributed by atoms with Crippen molar-refractivity contribution in [2.45, 2.75) is 12.8 Å². The summed E-state index contributed by atoms with van der Waals surface area (Å²) in [4.78, 5) is 19.1. The maximum Gasteiger partial charge on any atom is 0.328 e. The molecule has 1 fully saturated rings. The summed E-state index contributed by atoms with van der Waals surface area (Å²) in [5.41, 5.74) is 0. The molecule has 0 spiro atoms. The number of carbonyl (C=O) groups is 2. The van der Waals surface area contributed by atoms with E-state index in [9.17, 15) is 9.59 Å². The summed E-state index contributed by atoms with van der Waals surface area (Å²) in [6, 6.07) is 0. The molecule has 1 rings (SSSR count). The summed E-state index contributed by atoms with van der Waals surface area (Å²) >= 11 is 0. The van der Waals surface area contributed by atoms with E-state index in [-0.39, 0.29) is 0 Å². The summed E-state index contributed by atoms with van der Waals surface area (Å²) < 4.78 is 4.94. The molecule has 5 nitrogen and oxygen atoms in total. The molecule has 74 valence electrons. The summed E-state index contributed by atoms with van der Waals surface area (Å²) in [6.45, 7) is 2.00. The minimum absolute atomic E-state index is 0.558. The number of aliphatic carboxylic acids is 2. The Labute approximate surface area is 75.6 Å². The summed E-state index contributed by atoms with van der Waals surface area (Å²) in [7, 11) is 0. The van der Waals surface area contributed by atoms with E-state index in [0.717, 1.165) is 13.2 Å². The van der Waals surface area contributed by atoms with Crippen LogP contribution in [0.25, 0.3) is 0 Å². The van der Waals surface area contributed by atoms with Gasteiger partial charge in [-0.15, -0.1) is 0 Å². The number of ether oxygens (including phenoxy) is 1. The molecule has 0 aromatic heterocycles. The predicted molar refractivity (Wildman–Crippen MR) is 44.5 cm³/mol. The van der Waals surface area contributed by atoms with Gasteiger partial charge in [-0.1, -0.05) is 0 Å². The number of carboxylic acids is 2. The first-order chi connectivity index (χ1) is 6.13. The highest BCUT2D eigenvalue weighted by molar-refractivity contribution is 5.89. The largest absolute Gasteiger partial charge is 0.478 e. The number of hydrogen-bond donors (Lipinski definition) is 2. The molecular weight excluding hydrogens is 176 g/mol.